The number of carbonyl (C=O) groups is 1. The van der Waals surface area contributed by atoms with Crippen LogP contribution >= 0.6 is 0 Å². The van der Waals surface area contributed by atoms with E-state index in [9.17, 15) is 13.2 Å². The largest absolute Gasteiger partial charge is 0.455 e. The van der Waals surface area contributed by atoms with E-state index in [1.165, 1.54) is 12.1 Å². The molecule has 6 nitrogen and oxygen atoms in total. The van der Waals surface area contributed by atoms with Gasteiger partial charge in [-0.2, -0.15) is 0 Å². The van der Waals surface area contributed by atoms with Crippen molar-refractivity contribution < 1.29 is 17.9 Å². The Balaban J connectivity index is 1.62. The van der Waals surface area contributed by atoms with E-state index >= 15 is 0 Å². The minimum Gasteiger partial charge on any atom is -0.455 e. The monoisotopic (exact) mass is 410 g/mol. The predicted molar refractivity (Wildman–Crippen MR) is 113 cm³/mol. The average Bonchev–Trinajstić information content (AvgIpc) is 2.68. The molecule has 0 fully saturated rings. The molecule has 150 valence electrons. The number of carbonyl (C=O) groups excluding carboxylic acids is 1. The molecule has 0 unspecified atom stereocenters. The van der Waals surface area contributed by atoms with E-state index in [-0.39, 0.29) is 11.4 Å². The maximum absolute atomic E-state index is 12.3. The van der Waals surface area contributed by atoms with Crippen LogP contribution < -0.4 is 15.4 Å². The number of sulfone groups is 1. The number of amides is 2. The summed E-state index contributed by atoms with van der Waals surface area (Å²) in [6, 6.07) is 20.8. The van der Waals surface area contributed by atoms with Crippen LogP contribution in [0, 0.1) is 6.92 Å². The van der Waals surface area contributed by atoms with E-state index in [1.807, 2.05) is 43.3 Å². The van der Waals surface area contributed by atoms with E-state index in [2.05, 4.69) is 10.6 Å². The van der Waals surface area contributed by atoms with Gasteiger partial charge in [0.05, 0.1) is 10.6 Å². The Morgan fingerprint density at radius 2 is 1.69 bits per heavy atom. The number of aryl methyl sites for hydroxylation is 1. The van der Waals surface area contributed by atoms with Gasteiger partial charge in [-0.1, -0.05) is 36.4 Å². The maximum Gasteiger partial charge on any atom is 0.319 e. The molecule has 0 aromatic heterocycles. The molecule has 0 saturated heterocycles. The van der Waals surface area contributed by atoms with Crippen molar-refractivity contribution in [2.75, 3.05) is 11.6 Å². The number of anilines is 1. The Morgan fingerprint density at radius 1 is 0.966 bits per heavy atom. The number of rotatable bonds is 6. The quantitative estimate of drug-likeness (QED) is 0.626. The first-order valence-corrected chi connectivity index (χ1v) is 10.9. The molecule has 2 amide bonds. The van der Waals surface area contributed by atoms with Gasteiger partial charge in [0.15, 0.2) is 15.6 Å². The summed E-state index contributed by atoms with van der Waals surface area (Å²) in [4.78, 5) is 12.5. The summed E-state index contributed by atoms with van der Waals surface area (Å²) in [6.07, 6.45) is 1.16. The summed E-state index contributed by atoms with van der Waals surface area (Å²) in [5.41, 5.74) is 2.41. The van der Waals surface area contributed by atoms with Crippen LogP contribution in [-0.4, -0.2) is 20.7 Å². The third-order valence-corrected chi connectivity index (χ3v) is 5.29. The Labute approximate surface area is 170 Å². The zero-order chi connectivity index (χ0) is 20.9. The first-order chi connectivity index (χ1) is 13.8. The van der Waals surface area contributed by atoms with Crippen molar-refractivity contribution in [3.8, 4) is 11.5 Å². The molecular formula is C22H22N2O4S. The molecule has 3 aromatic rings. The lowest BCUT2D eigenvalue weighted by Crippen LogP contribution is -2.28. The van der Waals surface area contributed by atoms with Crippen molar-refractivity contribution in [1.29, 1.82) is 0 Å². The number of hydrogen-bond acceptors (Lipinski definition) is 4. The van der Waals surface area contributed by atoms with Gasteiger partial charge in [-0.05, 0) is 54.4 Å². The lowest BCUT2D eigenvalue weighted by Gasteiger charge is -2.13. The lowest BCUT2D eigenvalue weighted by atomic mass is 10.2. The Bertz CT molecular complexity index is 1110. The van der Waals surface area contributed by atoms with Crippen LogP contribution in [0.4, 0.5) is 10.5 Å². The van der Waals surface area contributed by atoms with Crippen molar-refractivity contribution in [3.63, 3.8) is 0 Å². The Morgan fingerprint density at radius 3 is 2.38 bits per heavy atom. The van der Waals surface area contributed by atoms with Gasteiger partial charge in [-0.25, -0.2) is 13.2 Å². The fraction of sp³-hybridized carbons (Fsp3) is 0.136. The Hall–Kier alpha value is -3.32. The highest BCUT2D eigenvalue weighted by molar-refractivity contribution is 7.90. The van der Waals surface area contributed by atoms with Crippen molar-refractivity contribution in [1.82, 2.24) is 5.32 Å². The van der Waals surface area contributed by atoms with Crippen LogP contribution in [0.3, 0.4) is 0 Å². The highest BCUT2D eigenvalue weighted by Gasteiger charge is 2.09. The molecule has 0 aliphatic heterocycles. The van der Waals surface area contributed by atoms with Crippen LogP contribution in [0.5, 0.6) is 11.5 Å². The van der Waals surface area contributed by atoms with E-state index in [1.54, 1.807) is 24.3 Å². The lowest BCUT2D eigenvalue weighted by molar-refractivity contribution is 0.251. The van der Waals surface area contributed by atoms with Gasteiger partial charge in [-0.15, -0.1) is 0 Å². The summed E-state index contributed by atoms with van der Waals surface area (Å²) in [5, 5.41) is 5.53. The first kappa shape index (κ1) is 20.4. The summed E-state index contributed by atoms with van der Waals surface area (Å²) >= 11 is 0. The zero-order valence-corrected chi connectivity index (χ0v) is 17.0. The minimum absolute atomic E-state index is 0.243. The minimum atomic E-state index is -3.24. The molecule has 0 atom stereocenters. The number of urea groups is 1. The summed E-state index contributed by atoms with van der Waals surface area (Å²) in [7, 11) is -3.24. The van der Waals surface area contributed by atoms with E-state index in [0.29, 0.717) is 17.2 Å². The second-order valence-corrected chi connectivity index (χ2v) is 8.65. The fourth-order valence-corrected chi connectivity index (χ4v) is 3.30. The topological polar surface area (TPSA) is 84.5 Å². The van der Waals surface area contributed by atoms with Gasteiger partial charge in [-0.3, -0.25) is 0 Å². The van der Waals surface area contributed by atoms with E-state index in [4.69, 9.17) is 4.74 Å². The van der Waals surface area contributed by atoms with Gasteiger partial charge in [0.1, 0.15) is 5.75 Å². The van der Waals surface area contributed by atoms with Crippen LogP contribution in [0.25, 0.3) is 0 Å². The van der Waals surface area contributed by atoms with Gasteiger partial charge >= 0.3 is 6.03 Å². The molecule has 7 heteroatoms. The molecule has 0 bridgehead atoms. The van der Waals surface area contributed by atoms with Gasteiger partial charge in [0.25, 0.3) is 0 Å². The molecule has 29 heavy (non-hydrogen) atoms. The molecule has 3 rings (SSSR count). The summed E-state index contributed by atoms with van der Waals surface area (Å²) in [5.74, 6) is 1.22. The first-order valence-electron chi connectivity index (χ1n) is 8.99. The smallest absolute Gasteiger partial charge is 0.319 e. The average molecular weight is 410 g/mol. The van der Waals surface area contributed by atoms with E-state index in [0.717, 1.165) is 17.4 Å². The SMILES string of the molecule is Cc1cccc(Oc2ccccc2NC(=O)NCc2ccc(S(C)(=O)=O)cc2)c1. The van der Waals surface area contributed by atoms with Gasteiger partial charge < -0.3 is 15.4 Å². The molecule has 0 saturated carbocycles. The second kappa shape index (κ2) is 8.79. The maximum atomic E-state index is 12.3. The highest BCUT2D eigenvalue weighted by atomic mass is 32.2. The molecule has 0 aliphatic carbocycles. The number of ether oxygens (including phenoxy) is 1. The van der Waals surface area contributed by atoms with Crippen LogP contribution in [0.2, 0.25) is 0 Å². The molecule has 0 radical (unpaired) electrons. The van der Waals surface area contributed by atoms with Crippen LogP contribution in [0.15, 0.2) is 77.7 Å². The van der Waals surface area contributed by atoms with Crippen LogP contribution in [0.1, 0.15) is 11.1 Å². The normalized spacial score (nSPS) is 11.0. The highest BCUT2D eigenvalue weighted by Crippen LogP contribution is 2.29. The van der Waals surface area contributed by atoms with E-state index < -0.39 is 15.9 Å². The predicted octanol–water partition coefficient (Wildman–Crippen LogP) is 4.51. The molecule has 2 N–H and O–H groups in total. The van der Waals surface area contributed by atoms with Crippen molar-refractivity contribution in [2.45, 2.75) is 18.4 Å². The van der Waals surface area contributed by atoms with Gasteiger partial charge in [0, 0.05) is 12.8 Å². The number of hydrogen-bond donors (Lipinski definition) is 2. The number of nitrogens with one attached hydrogen (secondary N) is 2. The Kier molecular flexibility index (Phi) is 6.19. The van der Waals surface area contributed by atoms with Crippen molar-refractivity contribution in [2.24, 2.45) is 0 Å². The van der Waals surface area contributed by atoms with Crippen molar-refractivity contribution in [3.05, 3.63) is 83.9 Å². The molecule has 0 aliphatic rings. The standard InChI is InChI=1S/C22H22N2O4S/c1-16-6-5-7-18(14-16)28-21-9-4-3-8-20(21)24-22(25)23-15-17-10-12-19(13-11-17)29(2,26)27/h3-14H,15H2,1-2H3,(H2,23,24,25). The third kappa shape index (κ3) is 5.83. The van der Waals surface area contributed by atoms with Crippen molar-refractivity contribution >= 4 is 21.6 Å². The third-order valence-electron chi connectivity index (χ3n) is 4.16. The summed E-state index contributed by atoms with van der Waals surface area (Å²) in [6.45, 7) is 2.24. The number of benzene rings is 3. The van der Waals surface area contributed by atoms with Crippen LogP contribution in [-0.2, 0) is 16.4 Å². The molecule has 3 aromatic carbocycles. The molecular weight excluding hydrogens is 388 g/mol. The second-order valence-electron chi connectivity index (χ2n) is 6.64. The molecule has 0 spiro atoms. The zero-order valence-electron chi connectivity index (χ0n) is 16.2. The fourth-order valence-electron chi connectivity index (χ4n) is 2.67. The number of para-hydroxylation sites is 2. The summed E-state index contributed by atoms with van der Waals surface area (Å²) < 4.78 is 28.9. The van der Waals surface area contributed by atoms with Gasteiger partial charge in [0.2, 0.25) is 0 Å². The molecule has 0 heterocycles.